The van der Waals surface area contributed by atoms with Gasteiger partial charge >= 0.3 is 0 Å². The molecule has 1 heterocycles. The molecular weight excluding hydrogens is 255 g/mol. The van der Waals surface area contributed by atoms with Crippen molar-refractivity contribution in [2.24, 2.45) is 0 Å². The fourth-order valence-corrected chi connectivity index (χ4v) is 2.77. The van der Waals surface area contributed by atoms with Crippen LogP contribution in [0.25, 0.3) is 0 Å². The number of piperidine rings is 1. The Balaban J connectivity index is 2.11. The van der Waals surface area contributed by atoms with Crippen LogP contribution in [0, 0.1) is 5.82 Å². The predicted molar refractivity (Wildman–Crippen MR) is 77.8 cm³/mol. The van der Waals surface area contributed by atoms with Gasteiger partial charge in [-0.3, -0.25) is 4.79 Å². The number of likely N-dealkylation sites (N-methyl/N-ethyl adjacent to an activating group) is 1. The van der Waals surface area contributed by atoms with Crippen LogP contribution >= 0.6 is 0 Å². The Morgan fingerprint density at radius 3 is 2.55 bits per heavy atom. The zero-order valence-electron chi connectivity index (χ0n) is 12.4. The van der Waals surface area contributed by atoms with Gasteiger partial charge in [0.1, 0.15) is 5.82 Å². The number of rotatable bonds is 3. The van der Waals surface area contributed by atoms with Gasteiger partial charge in [-0.1, -0.05) is 12.1 Å². The van der Waals surface area contributed by atoms with Crippen LogP contribution < -0.4 is 5.32 Å². The Morgan fingerprint density at radius 1 is 1.35 bits per heavy atom. The van der Waals surface area contributed by atoms with Crippen molar-refractivity contribution in [3.8, 4) is 0 Å². The van der Waals surface area contributed by atoms with Crippen molar-refractivity contribution < 1.29 is 9.18 Å². The number of nitrogens with zero attached hydrogens (tertiary/aromatic N) is 1. The molecule has 0 aromatic heterocycles. The van der Waals surface area contributed by atoms with Crippen LogP contribution in [0.2, 0.25) is 0 Å². The number of nitrogens with one attached hydrogen (secondary N) is 1. The van der Waals surface area contributed by atoms with Crippen molar-refractivity contribution in [3.63, 3.8) is 0 Å². The Labute approximate surface area is 120 Å². The molecule has 1 aromatic rings. The van der Waals surface area contributed by atoms with Crippen LogP contribution in [0.15, 0.2) is 24.3 Å². The Bertz CT molecular complexity index is 466. The van der Waals surface area contributed by atoms with Gasteiger partial charge in [0, 0.05) is 7.05 Å². The van der Waals surface area contributed by atoms with Crippen molar-refractivity contribution in [3.05, 3.63) is 35.6 Å². The van der Waals surface area contributed by atoms with Crippen LogP contribution in [0.4, 0.5) is 4.39 Å². The maximum absolute atomic E-state index is 13.0. The van der Waals surface area contributed by atoms with E-state index in [1.807, 2.05) is 20.9 Å². The number of hydrogen-bond acceptors (Lipinski definition) is 2. The lowest BCUT2D eigenvalue weighted by Gasteiger charge is -2.38. The second-order valence-corrected chi connectivity index (χ2v) is 5.86. The van der Waals surface area contributed by atoms with E-state index in [2.05, 4.69) is 5.32 Å². The van der Waals surface area contributed by atoms with E-state index in [1.165, 1.54) is 12.1 Å². The first-order valence-corrected chi connectivity index (χ1v) is 7.22. The van der Waals surface area contributed by atoms with E-state index in [9.17, 15) is 9.18 Å². The Hall–Kier alpha value is -1.42. The van der Waals surface area contributed by atoms with Gasteiger partial charge in [-0.05, 0) is 57.4 Å². The van der Waals surface area contributed by atoms with E-state index in [-0.39, 0.29) is 17.8 Å². The van der Waals surface area contributed by atoms with Gasteiger partial charge in [-0.15, -0.1) is 0 Å². The highest BCUT2D eigenvalue weighted by atomic mass is 19.1. The molecule has 1 aliphatic heterocycles. The van der Waals surface area contributed by atoms with Crippen molar-refractivity contribution in [2.75, 3.05) is 13.6 Å². The smallest absolute Gasteiger partial charge is 0.242 e. The molecule has 0 bridgehead atoms. The quantitative estimate of drug-likeness (QED) is 0.922. The standard InChI is InChI=1S/C16H23FN2O/c1-12(13-6-8-14(17)9-7-13)19(3)15(20)16(2)10-4-5-11-18-16/h6-9,12,18H,4-5,10-11H2,1-3H3. The SMILES string of the molecule is CC(c1ccc(F)cc1)N(C)C(=O)C1(C)CCCCN1. The normalized spacial score (nSPS) is 24.2. The molecule has 0 saturated carbocycles. The fourth-order valence-electron chi connectivity index (χ4n) is 2.77. The molecule has 20 heavy (non-hydrogen) atoms. The molecule has 1 amide bonds. The molecular formula is C16H23FN2O. The largest absolute Gasteiger partial charge is 0.337 e. The van der Waals surface area contributed by atoms with Crippen LogP contribution in [0.5, 0.6) is 0 Å². The summed E-state index contributed by atoms with van der Waals surface area (Å²) in [5.41, 5.74) is 0.475. The number of hydrogen-bond donors (Lipinski definition) is 1. The minimum atomic E-state index is -0.471. The first-order chi connectivity index (χ1) is 9.44. The lowest BCUT2D eigenvalue weighted by atomic mass is 9.89. The van der Waals surface area contributed by atoms with Gasteiger partial charge in [-0.25, -0.2) is 4.39 Å². The first kappa shape index (κ1) is 15.0. The van der Waals surface area contributed by atoms with Crippen molar-refractivity contribution in [1.82, 2.24) is 10.2 Å². The monoisotopic (exact) mass is 278 g/mol. The summed E-state index contributed by atoms with van der Waals surface area (Å²) in [6, 6.07) is 6.28. The molecule has 1 aromatic carbocycles. The summed E-state index contributed by atoms with van der Waals surface area (Å²) >= 11 is 0. The zero-order valence-corrected chi connectivity index (χ0v) is 12.4. The minimum Gasteiger partial charge on any atom is -0.337 e. The maximum Gasteiger partial charge on any atom is 0.242 e. The molecule has 2 rings (SSSR count). The molecule has 2 atom stereocenters. The van der Waals surface area contributed by atoms with Gasteiger partial charge < -0.3 is 10.2 Å². The molecule has 4 heteroatoms. The lowest BCUT2D eigenvalue weighted by molar-refractivity contribution is -0.139. The minimum absolute atomic E-state index is 0.0661. The van der Waals surface area contributed by atoms with Crippen LogP contribution in [-0.4, -0.2) is 29.9 Å². The van der Waals surface area contributed by atoms with E-state index in [1.54, 1.807) is 17.0 Å². The molecule has 0 spiro atoms. The van der Waals surface area contributed by atoms with Crippen LogP contribution in [0.3, 0.4) is 0 Å². The highest BCUT2D eigenvalue weighted by Crippen LogP contribution is 2.26. The Morgan fingerprint density at radius 2 is 2.00 bits per heavy atom. The van der Waals surface area contributed by atoms with Crippen molar-refractivity contribution in [2.45, 2.75) is 44.7 Å². The number of benzene rings is 1. The van der Waals surface area contributed by atoms with Gasteiger partial charge in [0.05, 0.1) is 11.6 Å². The van der Waals surface area contributed by atoms with E-state index < -0.39 is 5.54 Å². The molecule has 1 saturated heterocycles. The summed E-state index contributed by atoms with van der Waals surface area (Å²) in [7, 11) is 1.82. The molecule has 0 aliphatic carbocycles. The molecule has 1 fully saturated rings. The third kappa shape index (κ3) is 3.01. The molecule has 3 nitrogen and oxygen atoms in total. The van der Waals surface area contributed by atoms with Gasteiger partial charge in [0.2, 0.25) is 5.91 Å². The van der Waals surface area contributed by atoms with Crippen molar-refractivity contribution in [1.29, 1.82) is 0 Å². The number of halogens is 1. The highest BCUT2D eigenvalue weighted by Gasteiger charge is 2.37. The number of amides is 1. The van der Waals surface area contributed by atoms with Gasteiger partial charge in [-0.2, -0.15) is 0 Å². The third-order valence-corrected chi connectivity index (χ3v) is 4.34. The first-order valence-electron chi connectivity index (χ1n) is 7.22. The topological polar surface area (TPSA) is 32.3 Å². The van der Waals surface area contributed by atoms with E-state index >= 15 is 0 Å². The summed E-state index contributed by atoms with van der Waals surface area (Å²) in [4.78, 5) is 14.4. The molecule has 0 radical (unpaired) electrons. The lowest BCUT2D eigenvalue weighted by Crippen LogP contribution is -2.57. The summed E-state index contributed by atoms with van der Waals surface area (Å²) < 4.78 is 13.0. The average Bonchev–Trinajstić information content (AvgIpc) is 2.46. The van der Waals surface area contributed by atoms with E-state index in [4.69, 9.17) is 0 Å². The maximum atomic E-state index is 13.0. The molecule has 2 unspecified atom stereocenters. The second-order valence-electron chi connectivity index (χ2n) is 5.86. The fraction of sp³-hybridized carbons (Fsp3) is 0.562. The van der Waals surface area contributed by atoms with E-state index in [0.29, 0.717) is 0 Å². The molecule has 1 N–H and O–H groups in total. The molecule has 110 valence electrons. The van der Waals surface area contributed by atoms with Crippen LogP contribution in [-0.2, 0) is 4.79 Å². The summed E-state index contributed by atoms with van der Waals surface area (Å²) in [5.74, 6) is -0.148. The van der Waals surface area contributed by atoms with Gasteiger partial charge in [0.25, 0.3) is 0 Å². The van der Waals surface area contributed by atoms with Crippen molar-refractivity contribution >= 4 is 5.91 Å². The average molecular weight is 278 g/mol. The van der Waals surface area contributed by atoms with Gasteiger partial charge in [0.15, 0.2) is 0 Å². The second kappa shape index (κ2) is 5.92. The highest BCUT2D eigenvalue weighted by molar-refractivity contribution is 5.86. The Kier molecular flexibility index (Phi) is 4.43. The zero-order chi connectivity index (χ0) is 14.8. The van der Waals surface area contributed by atoms with Crippen LogP contribution in [0.1, 0.15) is 44.7 Å². The number of carbonyl (C=O) groups is 1. The molecule has 1 aliphatic rings. The third-order valence-electron chi connectivity index (χ3n) is 4.34. The summed E-state index contributed by atoms with van der Waals surface area (Å²) in [6.45, 7) is 4.83. The predicted octanol–water partition coefficient (Wildman–Crippen LogP) is 2.88. The summed E-state index contributed by atoms with van der Waals surface area (Å²) in [5, 5.41) is 3.34. The van der Waals surface area contributed by atoms with E-state index in [0.717, 1.165) is 31.4 Å². The summed E-state index contributed by atoms with van der Waals surface area (Å²) in [6.07, 6.45) is 3.07. The number of carbonyl (C=O) groups excluding carboxylic acids is 1.